The Labute approximate surface area is 140 Å². The minimum atomic E-state index is -0.118. The highest BCUT2D eigenvalue weighted by Crippen LogP contribution is 2.36. The van der Waals surface area contributed by atoms with Crippen molar-refractivity contribution in [2.75, 3.05) is 6.61 Å². The molecule has 1 fully saturated rings. The highest BCUT2D eigenvalue weighted by atomic mass is 16.5. The molecule has 0 spiro atoms. The van der Waals surface area contributed by atoms with Gasteiger partial charge in [-0.1, -0.05) is 6.07 Å². The van der Waals surface area contributed by atoms with Gasteiger partial charge < -0.3 is 19.7 Å². The topological polar surface area (TPSA) is 89.3 Å². The van der Waals surface area contributed by atoms with Gasteiger partial charge in [0.05, 0.1) is 6.61 Å². The second kappa shape index (κ2) is 7.00. The molecule has 2 N–H and O–H groups in total. The number of rotatable bonds is 6. The molecule has 1 aromatic carbocycles. The van der Waals surface area contributed by atoms with E-state index in [1.54, 1.807) is 12.1 Å². The number of carbonyl (C=O) groups is 1. The van der Waals surface area contributed by atoms with Crippen molar-refractivity contribution in [3.05, 3.63) is 41.5 Å². The van der Waals surface area contributed by atoms with Crippen LogP contribution in [0.2, 0.25) is 0 Å². The van der Waals surface area contributed by atoms with Crippen LogP contribution < -0.4 is 10.1 Å². The number of nitrogens with one attached hydrogen (secondary N) is 1. The summed E-state index contributed by atoms with van der Waals surface area (Å²) in [7, 11) is 1.85. The Hall–Kier alpha value is -2.41. The molecule has 7 heteroatoms. The number of hydrogen-bond acceptors (Lipinski definition) is 5. The van der Waals surface area contributed by atoms with E-state index < -0.39 is 0 Å². The molecule has 1 amide bonds. The van der Waals surface area contributed by atoms with E-state index in [-0.39, 0.29) is 24.5 Å². The van der Waals surface area contributed by atoms with Crippen molar-refractivity contribution in [2.45, 2.75) is 38.3 Å². The van der Waals surface area contributed by atoms with Crippen molar-refractivity contribution in [1.82, 2.24) is 20.1 Å². The lowest BCUT2D eigenvalue weighted by Gasteiger charge is -2.35. The maximum absolute atomic E-state index is 12.3. The molecule has 0 atom stereocenters. The zero-order valence-corrected chi connectivity index (χ0v) is 13.9. The molecule has 1 aliphatic rings. The summed E-state index contributed by atoms with van der Waals surface area (Å²) in [5, 5.41) is 20.3. The number of nitrogens with zero attached hydrogens (tertiary/aromatic N) is 3. The quantitative estimate of drug-likeness (QED) is 0.835. The van der Waals surface area contributed by atoms with Crippen LogP contribution in [0.1, 0.15) is 47.7 Å². The highest BCUT2D eigenvalue weighted by molar-refractivity contribution is 5.94. The second-order valence-electron chi connectivity index (χ2n) is 5.99. The predicted octanol–water partition coefficient (Wildman–Crippen LogP) is 1.38. The highest BCUT2D eigenvalue weighted by Gasteiger charge is 2.35. The smallest absolute Gasteiger partial charge is 0.251 e. The number of carbonyl (C=O) groups excluding carboxylic acids is 1. The van der Waals surface area contributed by atoms with Crippen molar-refractivity contribution in [1.29, 1.82) is 0 Å². The van der Waals surface area contributed by atoms with E-state index in [0.717, 1.165) is 18.7 Å². The van der Waals surface area contributed by atoms with Gasteiger partial charge in [0.15, 0.2) is 5.82 Å². The molecule has 0 saturated heterocycles. The van der Waals surface area contributed by atoms with Crippen LogP contribution >= 0.6 is 0 Å². The van der Waals surface area contributed by atoms with Crippen molar-refractivity contribution in [3.63, 3.8) is 0 Å². The van der Waals surface area contributed by atoms with Gasteiger partial charge in [-0.2, -0.15) is 0 Å². The lowest BCUT2D eigenvalue weighted by Crippen LogP contribution is -2.44. The first kappa shape index (κ1) is 16.4. The fraction of sp³-hybridized carbons (Fsp3) is 0.471. The normalized spacial score (nSPS) is 19.6. The fourth-order valence-electron chi connectivity index (χ4n) is 2.98. The number of hydrogen-bond donors (Lipinski definition) is 2. The van der Waals surface area contributed by atoms with Crippen molar-refractivity contribution >= 4 is 5.91 Å². The van der Waals surface area contributed by atoms with Crippen molar-refractivity contribution in [3.8, 4) is 5.75 Å². The Kier molecular flexibility index (Phi) is 4.80. The molecule has 1 heterocycles. The van der Waals surface area contributed by atoms with E-state index in [2.05, 4.69) is 15.5 Å². The van der Waals surface area contributed by atoms with E-state index in [1.807, 2.05) is 30.7 Å². The van der Waals surface area contributed by atoms with Crippen LogP contribution in [0.15, 0.2) is 24.3 Å². The molecule has 128 valence electrons. The van der Waals surface area contributed by atoms with Crippen LogP contribution in [0, 0.1) is 0 Å². The third-order valence-electron chi connectivity index (χ3n) is 4.39. The number of aromatic nitrogens is 3. The number of amides is 1. The molecule has 2 aromatic rings. The molecule has 1 aromatic heterocycles. The second-order valence-corrected chi connectivity index (χ2v) is 5.99. The molecule has 7 nitrogen and oxygen atoms in total. The van der Waals surface area contributed by atoms with Crippen LogP contribution in [0.25, 0.3) is 0 Å². The standard InChI is InChI=1S/C17H22N4O3/c1-3-24-14-6-4-5-11(9-14)17(23)18-13-7-12(8-13)16-20-19-15(10-22)21(16)2/h4-6,9,12-13,22H,3,7-8,10H2,1-2H3,(H,18,23). The lowest BCUT2D eigenvalue weighted by molar-refractivity contribution is 0.0906. The molecule has 3 rings (SSSR count). The van der Waals surface area contributed by atoms with E-state index in [4.69, 9.17) is 4.74 Å². The van der Waals surface area contributed by atoms with Gasteiger partial charge in [-0.15, -0.1) is 10.2 Å². The summed E-state index contributed by atoms with van der Waals surface area (Å²) < 4.78 is 7.25. The molecule has 0 bridgehead atoms. The Balaban J connectivity index is 1.56. The lowest BCUT2D eigenvalue weighted by atomic mass is 9.79. The Morgan fingerprint density at radius 2 is 2.21 bits per heavy atom. The first-order valence-electron chi connectivity index (χ1n) is 8.15. The summed E-state index contributed by atoms with van der Waals surface area (Å²) in [6.45, 7) is 2.37. The number of aliphatic hydroxyl groups is 1. The van der Waals surface area contributed by atoms with Crippen LogP contribution in [-0.4, -0.2) is 38.4 Å². The van der Waals surface area contributed by atoms with Gasteiger partial charge in [-0.3, -0.25) is 4.79 Å². The summed E-state index contributed by atoms with van der Waals surface area (Å²) in [5.74, 6) is 2.30. The molecular weight excluding hydrogens is 308 g/mol. The molecule has 0 radical (unpaired) electrons. The Bertz CT molecular complexity index is 722. The zero-order valence-electron chi connectivity index (χ0n) is 13.9. The van der Waals surface area contributed by atoms with E-state index in [0.29, 0.717) is 23.7 Å². The maximum Gasteiger partial charge on any atom is 0.251 e. The maximum atomic E-state index is 12.3. The Morgan fingerprint density at radius 3 is 2.88 bits per heavy atom. The van der Waals surface area contributed by atoms with Crippen molar-refractivity contribution in [2.24, 2.45) is 7.05 Å². The van der Waals surface area contributed by atoms with Crippen molar-refractivity contribution < 1.29 is 14.6 Å². The summed E-state index contributed by atoms with van der Waals surface area (Å²) in [6.07, 6.45) is 1.66. The zero-order chi connectivity index (χ0) is 17.1. The first-order chi connectivity index (χ1) is 11.6. The van der Waals surface area contributed by atoms with Gasteiger partial charge >= 0.3 is 0 Å². The molecule has 1 saturated carbocycles. The number of ether oxygens (including phenoxy) is 1. The summed E-state index contributed by atoms with van der Waals surface area (Å²) in [6, 6.07) is 7.33. The largest absolute Gasteiger partial charge is 0.494 e. The first-order valence-corrected chi connectivity index (χ1v) is 8.15. The Morgan fingerprint density at radius 1 is 1.42 bits per heavy atom. The number of benzene rings is 1. The minimum Gasteiger partial charge on any atom is -0.494 e. The molecule has 0 unspecified atom stereocenters. The van der Waals surface area contributed by atoms with E-state index in [1.165, 1.54) is 0 Å². The number of aliphatic hydroxyl groups excluding tert-OH is 1. The molecular formula is C17H22N4O3. The third-order valence-corrected chi connectivity index (χ3v) is 4.39. The van der Waals surface area contributed by atoms with Gasteiger partial charge in [0.25, 0.3) is 5.91 Å². The molecule has 0 aliphatic heterocycles. The summed E-state index contributed by atoms with van der Waals surface area (Å²) in [5.41, 5.74) is 0.602. The van der Waals surface area contributed by atoms with Gasteiger partial charge in [-0.05, 0) is 38.0 Å². The monoisotopic (exact) mass is 330 g/mol. The van der Waals surface area contributed by atoms with Crippen LogP contribution in [0.3, 0.4) is 0 Å². The van der Waals surface area contributed by atoms with Gasteiger partial charge in [0, 0.05) is 24.6 Å². The van der Waals surface area contributed by atoms with Crippen LogP contribution in [0.5, 0.6) is 5.75 Å². The summed E-state index contributed by atoms with van der Waals surface area (Å²) in [4.78, 5) is 12.3. The van der Waals surface area contributed by atoms with Gasteiger partial charge in [-0.25, -0.2) is 0 Å². The van der Waals surface area contributed by atoms with Crippen LogP contribution in [-0.2, 0) is 13.7 Å². The molecule has 24 heavy (non-hydrogen) atoms. The van der Waals surface area contributed by atoms with Gasteiger partial charge in [0.1, 0.15) is 18.2 Å². The average molecular weight is 330 g/mol. The third kappa shape index (κ3) is 3.26. The van der Waals surface area contributed by atoms with E-state index >= 15 is 0 Å². The average Bonchev–Trinajstić information content (AvgIpc) is 2.91. The minimum absolute atomic E-state index is 0.0889. The van der Waals surface area contributed by atoms with Gasteiger partial charge in [0.2, 0.25) is 0 Å². The molecule has 1 aliphatic carbocycles. The van der Waals surface area contributed by atoms with Crippen LogP contribution in [0.4, 0.5) is 0 Å². The predicted molar refractivity (Wildman–Crippen MR) is 87.8 cm³/mol. The SMILES string of the molecule is CCOc1cccc(C(=O)NC2CC(c3nnc(CO)n3C)C2)c1. The fourth-order valence-corrected chi connectivity index (χ4v) is 2.98. The van der Waals surface area contributed by atoms with E-state index in [9.17, 15) is 9.90 Å². The summed E-state index contributed by atoms with van der Waals surface area (Å²) >= 11 is 0.